The van der Waals surface area contributed by atoms with E-state index in [1.807, 2.05) is 48.5 Å². The van der Waals surface area contributed by atoms with Crippen LogP contribution in [0.15, 0.2) is 84.9 Å². The zero-order valence-corrected chi connectivity index (χ0v) is 13.8. The molecular weight excluding hydrogens is 316 g/mol. The smallest absolute Gasteiger partial charge is 0.368 e. The molecule has 1 heterocycles. The van der Waals surface area contributed by atoms with Crippen molar-refractivity contribution in [3.8, 4) is 11.1 Å². The molecule has 118 valence electrons. The molecule has 0 saturated carbocycles. The van der Waals surface area contributed by atoms with Gasteiger partial charge in [-0.15, -0.1) is 0 Å². The molecule has 1 aliphatic rings. The lowest BCUT2D eigenvalue weighted by atomic mass is 9.98. The number of thioether (sulfide) groups is 1. The van der Waals surface area contributed by atoms with Crippen molar-refractivity contribution in [2.75, 3.05) is 0 Å². The number of carbonyl (C=O) groups excluding carboxylic acids is 1. The summed E-state index contributed by atoms with van der Waals surface area (Å²) in [6, 6.07) is 28.6. The fraction of sp³-hybridized carbons (Fsp3) is 0.0952. The first-order valence-electron chi connectivity index (χ1n) is 7.89. The van der Waals surface area contributed by atoms with E-state index in [9.17, 15) is 4.79 Å². The number of cyclic esters (lactones) is 1. The minimum atomic E-state index is -0.241. The molecule has 0 unspecified atom stereocenters. The Balaban J connectivity index is 1.64. The average molecular weight is 332 g/mol. The summed E-state index contributed by atoms with van der Waals surface area (Å²) in [5, 5.41) is -0.206. The van der Waals surface area contributed by atoms with Gasteiger partial charge in [-0.1, -0.05) is 84.9 Å². The standard InChI is InChI=1S/C21H16O2S/c22-21-23-19(20(24-21)18-9-5-2-6-10-18)17-13-11-16(12-14-17)15-7-3-1-4-8-15/h1-14,19-20H/t19-,20-/m0/s1. The molecule has 0 N–H and O–H groups in total. The fourth-order valence-electron chi connectivity index (χ4n) is 2.98. The average Bonchev–Trinajstić information content (AvgIpc) is 3.05. The molecule has 0 radical (unpaired) electrons. The Kier molecular flexibility index (Phi) is 4.09. The van der Waals surface area contributed by atoms with Crippen molar-refractivity contribution in [3.63, 3.8) is 0 Å². The molecule has 1 saturated heterocycles. The molecule has 0 aromatic heterocycles. The van der Waals surface area contributed by atoms with Crippen LogP contribution in [0.3, 0.4) is 0 Å². The van der Waals surface area contributed by atoms with Crippen molar-refractivity contribution < 1.29 is 9.53 Å². The summed E-state index contributed by atoms with van der Waals surface area (Å²) in [5.41, 5.74) is 4.49. The van der Waals surface area contributed by atoms with E-state index in [1.165, 1.54) is 17.3 Å². The number of benzene rings is 3. The third-order valence-corrected chi connectivity index (χ3v) is 5.26. The molecular formula is C21H16O2S. The summed E-state index contributed by atoms with van der Waals surface area (Å²) in [4.78, 5) is 11.8. The highest BCUT2D eigenvalue weighted by Crippen LogP contribution is 2.49. The van der Waals surface area contributed by atoms with Crippen molar-refractivity contribution in [1.82, 2.24) is 0 Å². The second-order valence-corrected chi connectivity index (χ2v) is 6.80. The Bertz CT molecular complexity index is 829. The first kappa shape index (κ1) is 15.0. The van der Waals surface area contributed by atoms with Gasteiger partial charge in [0.05, 0.1) is 5.25 Å². The third kappa shape index (κ3) is 2.95. The summed E-state index contributed by atoms with van der Waals surface area (Å²) < 4.78 is 5.58. The van der Waals surface area contributed by atoms with Gasteiger partial charge in [-0.2, -0.15) is 0 Å². The SMILES string of the molecule is O=C1O[C@@H](c2ccc(-c3ccccc3)cc2)[C@H](c2ccccc2)S1. The molecule has 3 aromatic rings. The molecule has 0 bridgehead atoms. The minimum Gasteiger partial charge on any atom is -0.448 e. The van der Waals surface area contributed by atoms with Crippen molar-refractivity contribution in [1.29, 1.82) is 0 Å². The largest absolute Gasteiger partial charge is 0.448 e. The predicted molar refractivity (Wildman–Crippen MR) is 97.9 cm³/mol. The van der Waals surface area contributed by atoms with Gasteiger partial charge < -0.3 is 4.74 Å². The van der Waals surface area contributed by atoms with Gasteiger partial charge in [0.25, 0.3) is 0 Å². The van der Waals surface area contributed by atoms with Crippen LogP contribution in [0.4, 0.5) is 4.79 Å². The van der Waals surface area contributed by atoms with E-state index in [4.69, 9.17) is 4.74 Å². The van der Waals surface area contributed by atoms with Crippen LogP contribution in [-0.2, 0) is 4.74 Å². The lowest BCUT2D eigenvalue weighted by Gasteiger charge is -2.17. The third-order valence-electron chi connectivity index (χ3n) is 4.20. The molecule has 1 aliphatic heterocycles. The highest BCUT2D eigenvalue weighted by molar-refractivity contribution is 8.13. The Morgan fingerprint density at radius 2 is 1.25 bits per heavy atom. The highest BCUT2D eigenvalue weighted by Gasteiger charge is 2.37. The van der Waals surface area contributed by atoms with Gasteiger partial charge >= 0.3 is 5.30 Å². The van der Waals surface area contributed by atoms with E-state index in [-0.39, 0.29) is 16.7 Å². The zero-order chi connectivity index (χ0) is 16.4. The van der Waals surface area contributed by atoms with Gasteiger partial charge in [0, 0.05) is 0 Å². The van der Waals surface area contributed by atoms with E-state index in [2.05, 4.69) is 36.4 Å². The van der Waals surface area contributed by atoms with E-state index < -0.39 is 0 Å². The maximum absolute atomic E-state index is 11.8. The first-order chi connectivity index (χ1) is 11.8. The summed E-state index contributed by atoms with van der Waals surface area (Å²) in [5.74, 6) is 0. The first-order valence-corrected chi connectivity index (χ1v) is 8.77. The van der Waals surface area contributed by atoms with Crippen LogP contribution in [0, 0.1) is 0 Å². The molecule has 0 spiro atoms. The maximum atomic E-state index is 11.8. The van der Waals surface area contributed by atoms with Gasteiger partial charge in [-0.3, -0.25) is 0 Å². The fourth-order valence-corrected chi connectivity index (χ4v) is 3.98. The molecule has 3 heteroatoms. The van der Waals surface area contributed by atoms with Gasteiger partial charge in [0.2, 0.25) is 0 Å². The van der Waals surface area contributed by atoms with Gasteiger partial charge in [0.15, 0.2) is 0 Å². The van der Waals surface area contributed by atoms with Crippen LogP contribution in [0.2, 0.25) is 0 Å². The van der Waals surface area contributed by atoms with E-state index in [0.717, 1.165) is 16.7 Å². The maximum Gasteiger partial charge on any atom is 0.368 e. The molecule has 3 aromatic carbocycles. The summed E-state index contributed by atoms with van der Waals surface area (Å²) in [6.45, 7) is 0. The van der Waals surface area contributed by atoms with Crippen molar-refractivity contribution >= 4 is 17.1 Å². The summed E-state index contributed by atoms with van der Waals surface area (Å²) >= 11 is 1.26. The van der Waals surface area contributed by atoms with Gasteiger partial charge in [-0.25, -0.2) is 4.79 Å². The van der Waals surface area contributed by atoms with Gasteiger partial charge in [0.1, 0.15) is 6.10 Å². The lowest BCUT2D eigenvalue weighted by Crippen LogP contribution is -2.05. The molecule has 0 aliphatic carbocycles. The van der Waals surface area contributed by atoms with Crippen molar-refractivity contribution in [2.45, 2.75) is 11.4 Å². The van der Waals surface area contributed by atoms with Crippen LogP contribution in [0.1, 0.15) is 22.5 Å². The lowest BCUT2D eigenvalue weighted by molar-refractivity contribution is 0.133. The molecule has 0 amide bonds. The molecule has 2 nitrogen and oxygen atoms in total. The Hall–Kier alpha value is -2.52. The molecule has 24 heavy (non-hydrogen) atoms. The Labute approximate surface area is 145 Å². The quantitative estimate of drug-likeness (QED) is 0.549. The van der Waals surface area contributed by atoms with Gasteiger partial charge in [-0.05, 0) is 34.0 Å². The minimum absolute atomic E-state index is 0.00118. The monoisotopic (exact) mass is 332 g/mol. The summed E-state index contributed by atoms with van der Waals surface area (Å²) in [7, 11) is 0. The number of hydrogen-bond donors (Lipinski definition) is 0. The molecule has 2 atom stereocenters. The number of hydrogen-bond acceptors (Lipinski definition) is 3. The predicted octanol–water partition coefficient (Wildman–Crippen LogP) is 6.02. The number of rotatable bonds is 3. The van der Waals surface area contributed by atoms with Crippen LogP contribution in [0.25, 0.3) is 11.1 Å². The van der Waals surface area contributed by atoms with E-state index in [1.54, 1.807) is 0 Å². The van der Waals surface area contributed by atoms with Crippen LogP contribution < -0.4 is 0 Å². The van der Waals surface area contributed by atoms with Crippen molar-refractivity contribution in [2.24, 2.45) is 0 Å². The highest BCUT2D eigenvalue weighted by atomic mass is 32.2. The number of carbonyl (C=O) groups is 1. The molecule has 1 fully saturated rings. The van der Waals surface area contributed by atoms with Crippen LogP contribution >= 0.6 is 11.8 Å². The van der Waals surface area contributed by atoms with Crippen LogP contribution in [-0.4, -0.2) is 5.30 Å². The molecule has 4 rings (SSSR count). The second-order valence-electron chi connectivity index (χ2n) is 5.73. The number of ether oxygens (including phenoxy) is 1. The Morgan fingerprint density at radius 1 is 0.667 bits per heavy atom. The topological polar surface area (TPSA) is 26.3 Å². The van der Waals surface area contributed by atoms with Crippen molar-refractivity contribution in [3.05, 3.63) is 96.1 Å². The van der Waals surface area contributed by atoms with E-state index >= 15 is 0 Å². The van der Waals surface area contributed by atoms with Crippen LogP contribution in [0.5, 0.6) is 0 Å². The summed E-state index contributed by atoms with van der Waals surface area (Å²) in [6.07, 6.45) is -0.241. The van der Waals surface area contributed by atoms with E-state index in [0.29, 0.717) is 0 Å². The zero-order valence-electron chi connectivity index (χ0n) is 13.0. The second kappa shape index (κ2) is 6.54. The normalized spacial score (nSPS) is 19.9. The Morgan fingerprint density at radius 3 is 1.92 bits per heavy atom.